The Hall–Kier alpha value is -1.95. The van der Waals surface area contributed by atoms with Crippen LogP contribution in [0.15, 0.2) is 29.1 Å². The number of hydrogen-bond donors (Lipinski definition) is 0. The summed E-state index contributed by atoms with van der Waals surface area (Å²) < 4.78 is 6.21. The van der Waals surface area contributed by atoms with Crippen molar-refractivity contribution in [3.05, 3.63) is 39.5 Å². The van der Waals surface area contributed by atoms with Crippen LogP contribution in [-0.2, 0) is 16.1 Å². The van der Waals surface area contributed by atoms with E-state index in [0.717, 1.165) is 22.4 Å². The van der Waals surface area contributed by atoms with E-state index in [9.17, 15) is 9.59 Å². The summed E-state index contributed by atoms with van der Waals surface area (Å²) in [7, 11) is 0. The smallest absolute Gasteiger partial charge is 0.327 e. The fourth-order valence-electron chi connectivity index (χ4n) is 1.76. The van der Waals surface area contributed by atoms with Gasteiger partial charge in [-0.2, -0.15) is 5.10 Å². The molecule has 0 bridgehead atoms. The van der Waals surface area contributed by atoms with Crippen LogP contribution in [0.2, 0.25) is 0 Å². The average molecular weight is 306 g/mol. The molecule has 0 saturated carbocycles. The monoisotopic (exact) mass is 306 g/mol. The largest absolute Gasteiger partial charge is 0.464 e. The van der Waals surface area contributed by atoms with Gasteiger partial charge in [0.15, 0.2) is 0 Å². The molecule has 0 amide bonds. The summed E-state index contributed by atoms with van der Waals surface area (Å²) in [6.07, 6.45) is 1.78. The van der Waals surface area contributed by atoms with E-state index in [1.54, 1.807) is 17.4 Å². The second kappa shape index (κ2) is 7.17. The van der Waals surface area contributed by atoms with Gasteiger partial charge in [-0.3, -0.25) is 9.59 Å². The van der Waals surface area contributed by atoms with Gasteiger partial charge >= 0.3 is 5.97 Å². The van der Waals surface area contributed by atoms with Gasteiger partial charge in [0.1, 0.15) is 12.2 Å². The van der Waals surface area contributed by atoms with Crippen LogP contribution in [0.3, 0.4) is 0 Å². The first kappa shape index (κ1) is 15.4. The Bertz CT molecular complexity index is 676. The Balaban J connectivity index is 2.12. The number of carbonyl (C=O) groups is 1. The van der Waals surface area contributed by atoms with Crippen LogP contribution in [0.1, 0.15) is 24.6 Å². The number of aryl methyl sites for hydroxylation is 1. The van der Waals surface area contributed by atoms with Crippen molar-refractivity contribution in [2.75, 3.05) is 6.61 Å². The fraction of sp³-hybridized carbons (Fsp3) is 0.400. The number of nitrogens with zero attached hydrogens (tertiary/aromatic N) is 2. The molecule has 0 atom stereocenters. The van der Waals surface area contributed by atoms with E-state index in [4.69, 9.17) is 4.74 Å². The van der Waals surface area contributed by atoms with E-state index in [-0.39, 0.29) is 12.1 Å². The molecular formula is C15H18N2O3S. The number of ether oxygens (including phenoxy) is 1. The van der Waals surface area contributed by atoms with E-state index in [1.807, 2.05) is 26.0 Å². The third kappa shape index (κ3) is 4.26. The van der Waals surface area contributed by atoms with E-state index in [2.05, 4.69) is 5.10 Å². The summed E-state index contributed by atoms with van der Waals surface area (Å²) in [5.74, 6) is -0.433. The van der Waals surface area contributed by atoms with Gasteiger partial charge in [-0.15, -0.1) is 11.3 Å². The number of aromatic nitrogens is 2. The maximum atomic E-state index is 11.8. The van der Waals surface area contributed by atoms with Crippen molar-refractivity contribution in [2.24, 2.45) is 0 Å². The fourth-order valence-corrected chi connectivity index (χ4v) is 2.60. The van der Waals surface area contributed by atoms with Gasteiger partial charge in [-0.05, 0) is 31.5 Å². The lowest BCUT2D eigenvalue weighted by Crippen LogP contribution is -2.27. The minimum Gasteiger partial charge on any atom is -0.464 e. The summed E-state index contributed by atoms with van der Waals surface area (Å²) in [5, 5.41) is 4.24. The molecule has 2 heterocycles. The molecule has 0 unspecified atom stereocenters. The molecular weight excluding hydrogens is 288 g/mol. The van der Waals surface area contributed by atoms with Crippen molar-refractivity contribution < 1.29 is 9.53 Å². The predicted octanol–water partition coefficient (Wildman–Crippen LogP) is 2.62. The van der Waals surface area contributed by atoms with E-state index < -0.39 is 5.97 Å². The molecule has 6 heteroatoms. The summed E-state index contributed by atoms with van der Waals surface area (Å²) in [4.78, 5) is 25.6. The van der Waals surface area contributed by atoms with E-state index in [0.29, 0.717) is 12.3 Å². The van der Waals surface area contributed by atoms with Crippen molar-refractivity contribution in [1.82, 2.24) is 9.78 Å². The van der Waals surface area contributed by atoms with Crippen molar-refractivity contribution in [3.63, 3.8) is 0 Å². The van der Waals surface area contributed by atoms with Gasteiger partial charge in [-0.1, -0.05) is 13.3 Å². The molecule has 5 nitrogen and oxygen atoms in total. The molecule has 0 aromatic carbocycles. The minimum absolute atomic E-state index is 0.152. The van der Waals surface area contributed by atoms with Crippen LogP contribution < -0.4 is 5.56 Å². The average Bonchev–Trinajstić information content (AvgIpc) is 2.88. The molecule has 0 fully saturated rings. The van der Waals surface area contributed by atoms with Gasteiger partial charge in [0, 0.05) is 10.9 Å². The SMILES string of the molecule is CCCCOC(=O)Cn1nc(-c2ccc(C)s2)ccc1=O. The van der Waals surface area contributed by atoms with Gasteiger partial charge < -0.3 is 4.74 Å². The number of unbranched alkanes of at least 4 members (excludes halogenated alkanes) is 1. The van der Waals surface area contributed by atoms with Gasteiger partial charge in [0.25, 0.3) is 5.56 Å². The number of thiophene rings is 1. The number of hydrogen-bond acceptors (Lipinski definition) is 5. The van der Waals surface area contributed by atoms with Gasteiger partial charge in [0.2, 0.25) is 0 Å². The van der Waals surface area contributed by atoms with Gasteiger partial charge in [-0.25, -0.2) is 4.68 Å². The Labute approximate surface area is 127 Å². The zero-order valence-electron chi connectivity index (χ0n) is 12.2. The standard InChI is InChI=1S/C15H18N2O3S/c1-3-4-9-20-15(19)10-17-14(18)8-6-12(16-17)13-7-5-11(2)21-13/h5-8H,3-4,9-10H2,1-2H3. The minimum atomic E-state index is -0.433. The summed E-state index contributed by atoms with van der Waals surface area (Å²) in [6, 6.07) is 7.05. The Morgan fingerprint density at radius 1 is 1.33 bits per heavy atom. The van der Waals surface area contributed by atoms with Gasteiger partial charge in [0.05, 0.1) is 11.5 Å². The van der Waals surface area contributed by atoms with E-state index in [1.165, 1.54) is 10.9 Å². The molecule has 0 aliphatic carbocycles. The molecule has 0 aliphatic rings. The first-order chi connectivity index (χ1) is 10.1. The zero-order chi connectivity index (χ0) is 15.2. The molecule has 0 saturated heterocycles. The summed E-state index contributed by atoms with van der Waals surface area (Å²) in [6.45, 7) is 4.26. The van der Waals surface area contributed by atoms with Crippen LogP contribution in [-0.4, -0.2) is 22.4 Å². The van der Waals surface area contributed by atoms with Crippen molar-refractivity contribution in [1.29, 1.82) is 0 Å². The zero-order valence-corrected chi connectivity index (χ0v) is 13.0. The maximum absolute atomic E-state index is 11.8. The van der Waals surface area contributed by atoms with Crippen LogP contribution in [0.25, 0.3) is 10.6 Å². The Morgan fingerprint density at radius 2 is 2.14 bits per heavy atom. The van der Waals surface area contributed by atoms with Crippen molar-refractivity contribution >= 4 is 17.3 Å². The highest BCUT2D eigenvalue weighted by Crippen LogP contribution is 2.24. The summed E-state index contributed by atoms with van der Waals surface area (Å²) >= 11 is 1.60. The molecule has 112 valence electrons. The molecule has 2 aromatic rings. The lowest BCUT2D eigenvalue weighted by molar-refractivity contribution is -0.144. The normalized spacial score (nSPS) is 10.6. The Morgan fingerprint density at radius 3 is 2.81 bits per heavy atom. The lowest BCUT2D eigenvalue weighted by Gasteiger charge is -2.06. The molecule has 21 heavy (non-hydrogen) atoms. The highest BCUT2D eigenvalue weighted by atomic mass is 32.1. The Kier molecular flexibility index (Phi) is 5.27. The van der Waals surface area contributed by atoms with Crippen LogP contribution in [0.5, 0.6) is 0 Å². The third-order valence-electron chi connectivity index (χ3n) is 2.90. The first-order valence-electron chi connectivity index (χ1n) is 6.90. The number of carbonyl (C=O) groups excluding carboxylic acids is 1. The van der Waals surface area contributed by atoms with Crippen LogP contribution in [0, 0.1) is 6.92 Å². The molecule has 0 spiro atoms. The quantitative estimate of drug-likeness (QED) is 0.608. The third-order valence-corrected chi connectivity index (χ3v) is 3.92. The first-order valence-corrected chi connectivity index (χ1v) is 7.72. The second-order valence-corrected chi connectivity index (χ2v) is 5.99. The molecule has 2 rings (SSSR count). The van der Waals surface area contributed by atoms with E-state index >= 15 is 0 Å². The lowest BCUT2D eigenvalue weighted by atomic mass is 10.3. The van der Waals surface area contributed by atoms with Crippen molar-refractivity contribution in [3.8, 4) is 10.6 Å². The number of esters is 1. The highest BCUT2D eigenvalue weighted by Gasteiger charge is 2.09. The molecule has 0 N–H and O–H groups in total. The topological polar surface area (TPSA) is 61.2 Å². The van der Waals surface area contributed by atoms with Crippen molar-refractivity contribution in [2.45, 2.75) is 33.2 Å². The number of rotatable bonds is 6. The van der Waals surface area contributed by atoms with Crippen LogP contribution in [0.4, 0.5) is 0 Å². The predicted molar refractivity (Wildman–Crippen MR) is 82.4 cm³/mol. The molecule has 0 radical (unpaired) electrons. The second-order valence-electron chi connectivity index (χ2n) is 4.70. The summed E-state index contributed by atoms with van der Waals surface area (Å²) in [5.41, 5.74) is 0.383. The molecule has 0 aliphatic heterocycles. The van der Waals surface area contributed by atoms with Crippen LogP contribution >= 0.6 is 11.3 Å². The highest BCUT2D eigenvalue weighted by molar-refractivity contribution is 7.15. The molecule has 2 aromatic heterocycles. The maximum Gasteiger partial charge on any atom is 0.327 e.